The van der Waals surface area contributed by atoms with E-state index >= 15 is 0 Å². The van der Waals surface area contributed by atoms with Crippen molar-refractivity contribution in [2.45, 2.75) is 129 Å². The Morgan fingerprint density at radius 1 is 0.771 bits per heavy atom. The summed E-state index contributed by atoms with van der Waals surface area (Å²) >= 11 is 0. The maximum atomic E-state index is 12.6. The number of ether oxygens (including phenoxy) is 1. The van der Waals surface area contributed by atoms with Crippen LogP contribution < -0.4 is 0 Å². The highest BCUT2D eigenvalue weighted by Crippen LogP contribution is 2.29. The summed E-state index contributed by atoms with van der Waals surface area (Å²) in [5, 5.41) is 0. The van der Waals surface area contributed by atoms with Crippen LogP contribution in [0.4, 0.5) is 0 Å². The van der Waals surface area contributed by atoms with E-state index in [0.717, 1.165) is 17.4 Å². The monoisotopic (exact) mass is 486 g/mol. The van der Waals surface area contributed by atoms with E-state index in [1.807, 2.05) is 30.3 Å². The predicted molar refractivity (Wildman–Crippen MR) is 150 cm³/mol. The fraction of sp³-hybridized carbons (Fsp3) is 0.781. The third-order valence-electron chi connectivity index (χ3n) is 7.95. The summed E-state index contributed by atoms with van der Waals surface area (Å²) in [6.07, 6.45) is 24.5. The van der Waals surface area contributed by atoms with Crippen LogP contribution in [-0.2, 0) is 4.74 Å². The van der Waals surface area contributed by atoms with Gasteiger partial charge in [-0.25, -0.2) is 4.79 Å². The number of nitrogens with zero attached hydrogens (tertiary/aromatic N) is 1. The summed E-state index contributed by atoms with van der Waals surface area (Å²) < 4.78 is 7.06. The largest absolute Gasteiger partial charge is 0.458 e. The maximum Gasteiger partial charge on any atom is 0.338 e. The van der Waals surface area contributed by atoms with E-state index in [1.54, 1.807) is 0 Å². The first-order chi connectivity index (χ1) is 17.0. The Kier molecular flexibility index (Phi) is 15.3. The van der Waals surface area contributed by atoms with Gasteiger partial charge in [0.15, 0.2) is 0 Å². The number of esters is 1. The van der Waals surface area contributed by atoms with E-state index < -0.39 is 0 Å². The lowest BCUT2D eigenvalue weighted by Crippen LogP contribution is -2.48. The number of quaternary nitrogens is 1. The molecule has 200 valence electrons. The Hall–Kier alpha value is -1.35. The van der Waals surface area contributed by atoms with Crippen molar-refractivity contribution in [3.8, 4) is 0 Å². The van der Waals surface area contributed by atoms with E-state index in [1.165, 1.54) is 116 Å². The second-order valence-corrected chi connectivity index (χ2v) is 11.8. The Morgan fingerprint density at radius 2 is 1.29 bits per heavy atom. The summed E-state index contributed by atoms with van der Waals surface area (Å²) in [5.74, 6) is 0.331. The average molecular weight is 487 g/mol. The van der Waals surface area contributed by atoms with Crippen molar-refractivity contribution < 1.29 is 14.0 Å². The van der Waals surface area contributed by atoms with Crippen LogP contribution in [-0.4, -0.2) is 43.7 Å². The third kappa shape index (κ3) is 13.5. The van der Waals surface area contributed by atoms with Gasteiger partial charge in [0, 0.05) is 5.92 Å². The lowest BCUT2D eigenvalue weighted by atomic mass is 9.85. The number of carbonyl (C=O) groups excluding carboxylic acids is 1. The van der Waals surface area contributed by atoms with Crippen LogP contribution >= 0.6 is 0 Å². The van der Waals surface area contributed by atoms with E-state index in [2.05, 4.69) is 21.0 Å². The summed E-state index contributed by atoms with van der Waals surface area (Å²) in [6.45, 7) is 4.64. The molecule has 0 saturated heterocycles. The summed E-state index contributed by atoms with van der Waals surface area (Å²) in [6, 6.07) is 9.47. The molecule has 2 atom stereocenters. The van der Waals surface area contributed by atoms with Gasteiger partial charge in [-0.1, -0.05) is 109 Å². The van der Waals surface area contributed by atoms with E-state index in [9.17, 15) is 4.79 Å². The molecule has 1 fully saturated rings. The standard InChI is InChI=1S/C32H56NO2/c1-4-5-6-7-8-9-10-11-12-13-14-15-16-22-27-33(2,3)28-30-25-20-21-26-31(30)35-32(34)29-23-18-17-19-24-29/h17-19,23-24,30-31H,4-16,20-22,25-28H2,1-3H3/q+1/t30-,31+/m0/s1. The number of hydrogen-bond donors (Lipinski definition) is 0. The molecule has 0 aromatic heterocycles. The molecule has 35 heavy (non-hydrogen) atoms. The molecule has 1 aromatic carbocycles. The van der Waals surface area contributed by atoms with Crippen molar-refractivity contribution in [3.05, 3.63) is 35.9 Å². The molecule has 3 nitrogen and oxygen atoms in total. The van der Waals surface area contributed by atoms with Crippen molar-refractivity contribution in [2.24, 2.45) is 5.92 Å². The van der Waals surface area contributed by atoms with Gasteiger partial charge in [0.05, 0.1) is 32.7 Å². The molecule has 0 heterocycles. The van der Waals surface area contributed by atoms with Gasteiger partial charge in [-0.05, 0) is 44.2 Å². The van der Waals surface area contributed by atoms with Crippen molar-refractivity contribution in [2.75, 3.05) is 27.2 Å². The van der Waals surface area contributed by atoms with Gasteiger partial charge in [0.25, 0.3) is 0 Å². The zero-order valence-corrected chi connectivity index (χ0v) is 23.4. The molecule has 0 spiro atoms. The zero-order valence-electron chi connectivity index (χ0n) is 23.4. The Labute approximate surface area is 217 Å². The zero-order chi connectivity index (χ0) is 25.2. The van der Waals surface area contributed by atoms with Gasteiger partial charge >= 0.3 is 5.97 Å². The molecule has 0 bridgehead atoms. The first-order valence-corrected chi connectivity index (χ1v) is 15.1. The molecule has 0 radical (unpaired) electrons. The molecular weight excluding hydrogens is 430 g/mol. The first kappa shape index (κ1) is 29.9. The lowest BCUT2D eigenvalue weighted by molar-refractivity contribution is -0.894. The molecular formula is C32H56NO2+. The van der Waals surface area contributed by atoms with Gasteiger partial charge in [0.1, 0.15) is 6.10 Å². The van der Waals surface area contributed by atoms with Crippen molar-refractivity contribution in [1.82, 2.24) is 0 Å². The molecule has 1 saturated carbocycles. The highest BCUT2D eigenvalue weighted by Gasteiger charge is 2.33. The van der Waals surface area contributed by atoms with Crippen molar-refractivity contribution >= 4 is 5.97 Å². The predicted octanol–water partition coefficient (Wildman–Crippen LogP) is 8.96. The van der Waals surface area contributed by atoms with Crippen LogP contribution in [0, 0.1) is 5.92 Å². The van der Waals surface area contributed by atoms with Gasteiger partial charge in [-0.3, -0.25) is 0 Å². The highest BCUT2D eigenvalue weighted by molar-refractivity contribution is 5.89. The molecule has 0 N–H and O–H groups in total. The number of rotatable bonds is 19. The molecule has 3 heteroatoms. The van der Waals surface area contributed by atoms with Crippen LogP contribution in [0.2, 0.25) is 0 Å². The molecule has 0 amide bonds. The molecule has 0 unspecified atom stereocenters. The minimum atomic E-state index is -0.153. The van der Waals surface area contributed by atoms with Crippen LogP contribution in [0.1, 0.15) is 133 Å². The summed E-state index contributed by atoms with van der Waals surface area (Å²) in [5.41, 5.74) is 0.674. The molecule has 1 aromatic rings. The van der Waals surface area contributed by atoms with Gasteiger partial charge in [-0.15, -0.1) is 0 Å². The number of carbonyl (C=O) groups is 1. The summed E-state index contributed by atoms with van der Waals surface area (Å²) in [7, 11) is 4.74. The van der Waals surface area contributed by atoms with Gasteiger partial charge < -0.3 is 9.22 Å². The smallest absolute Gasteiger partial charge is 0.338 e. The van der Waals surface area contributed by atoms with E-state index in [4.69, 9.17) is 4.74 Å². The normalized spacial score (nSPS) is 18.5. The van der Waals surface area contributed by atoms with Gasteiger partial charge in [0.2, 0.25) is 0 Å². The second kappa shape index (κ2) is 18.0. The van der Waals surface area contributed by atoms with Crippen LogP contribution in [0.25, 0.3) is 0 Å². The van der Waals surface area contributed by atoms with Crippen LogP contribution in [0.5, 0.6) is 0 Å². The van der Waals surface area contributed by atoms with Crippen molar-refractivity contribution in [1.29, 1.82) is 0 Å². The molecule has 1 aliphatic rings. The van der Waals surface area contributed by atoms with Crippen LogP contribution in [0.15, 0.2) is 30.3 Å². The number of unbranched alkanes of at least 4 members (excludes halogenated alkanes) is 13. The SMILES string of the molecule is CCCCCCCCCCCCCCCC[N+](C)(C)C[C@@H]1CCCC[C@H]1OC(=O)c1ccccc1. The minimum absolute atomic E-state index is 0.0743. The van der Waals surface area contributed by atoms with Crippen molar-refractivity contribution in [3.63, 3.8) is 0 Å². The Bertz CT molecular complexity index is 657. The summed E-state index contributed by atoms with van der Waals surface area (Å²) in [4.78, 5) is 12.6. The van der Waals surface area contributed by atoms with E-state index in [0.29, 0.717) is 11.5 Å². The fourth-order valence-corrected chi connectivity index (χ4v) is 5.78. The first-order valence-electron chi connectivity index (χ1n) is 15.1. The van der Waals surface area contributed by atoms with Gasteiger partial charge in [-0.2, -0.15) is 0 Å². The topological polar surface area (TPSA) is 26.3 Å². The Balaban J connectivity index is 1.54. The lowest BCUT2D eigenvalue weighted by Gasteiger charge is -2.38. The molecule has 2 rings (SSSR count). The highest BCUT2D eigenvalue weighted by atomic mass is 16.5. The molecule has 0 aliphatic heterocycles. The number of benzene rings is 1. The molecule has 1 aliphatic carbocycles. The minimum Gasteiger partial charge on any atom is -0.458 e. The Morgan fingerprint density at radius 3 is 1.86 bits per heavy atom. The third-order valence-corrected chi connectivity index (χ3v) is 7.95. The fourth-order valence-electron chi connectivity index (χ4n) is 5.78. The van der Waals surface area contributed by atoms with Crippen LogP contribution in [0.3, 0.4) is 0 Å². The number of hydrogen-bond acceptors (Lipinski definition) is 2. The quantitative estimate of drug-likeness (QED) is 0.111. The second-order valence-electron chi connectivity index (χ2n) is 11.8. The average Bonchev–Trinajstić information content (AvgIpc) is 2.85. The maximum absolute atomic E-state index is 12.6. The van der Waals surface area contributed by atoms with E-state index in [-0.39, 0.29) is 12.1 Å².